The standard InChI is InChI=1S/C22H22N4O2/c1-3-4-5-14-6-8-15(9-7-14)22(27)26-21-18(20(23)25-26)12-16-10-11-17(28-2)13-19(16)24-21/h6-13H,3-5H2,1-2H3,(H2,23,25). The first-order valence-electron chi connectivity index (χ1n) is 9.37. The molecular weight excluding hydrogens is 352 g/mol. The second kappa shape index (κ2) is 7.31. The van der Waals surface area contributed by atoms with Crippen LogP contribution in [0.5, 0.6) is 5.75 Å². The molecule has 0 saturated carbocycles. The number of nitrogens with two attached hydrogens (primary N) is 1. The number of carbonyl (C=O) groups excluding carboxylic acids is 1. The van der Waals surface area contributed by atoms with Gasteiger partial charge in [0, 0.05) is 17.0 Å². The second-order valence-electron chi connectivity index (χ2n) is 6.82. The van der Waals surface area contributed by atoms with Crippen molar-refractivity contribution in [3.8, 4) is 5.75 Å². The van der Waals surface area contributed by atoms with E-state index in [2.05, 4.69) is 17.0 Å². The summed E-state index contributed by atoms with van der Waals surface area (Å²) in [5, 5.41) is 5.82. The average Bonchev–Trinajstić information content (AvgIpc) is 3.05. The van der Waals surface area contributed by atoms with Crippen molar-refractivity contribution in [3.63, 3.8) is 0 Å². The highest BCUT2D eigenvalue weighted by atomic mass is 16.5. The first-order chi connectivity index (χ1) is 13.6. The number of nitrogen functional groups attached to an aromatic ring is 1. The van der Waals surface area contributed by atoms with Gasteiger partial charge in [-0.2, -0.15) is 4.68 Å². The SMILES string of the molecule is CCCCc1ccc(C(=O)n2nc(N)c3cc4ccc(OC)cc4nc32)cc1. The van der Waals surface area contributed by atoms with E-state index in [4.69, 9.17) is 10.5 Å². The third-order valence-corrected chi connectivity index (χ3v) is 4.90. The predicted octanol–water partition coefficient (Wildman–Crippen LogP) is 4.21. The topological polar surface area (TPSA) is 83.0 Å². The van der Waals surface area contributed by atoms with Crippen molar-refractivity contribution < 1.29 is 9.53 Å². The van der Waals surface area contributed by atoms with Crippen LogP contribution < -0.4 is 10.5 Å². The molecule has 0 aliphatic rings. The number of benzene rings is 2. The Hall–Kier alpha value is -3.41. The molecule has 0 bridgehead atoms. The van der Waals surface area contributed by atoms with E-state index in [9.17, 15) is 4.79 Å². The maximum atomic E-state index is 13.0. The third-order valence-electron chi connectivity index (χ3n) is 4.90. The summed E-state index contributed by atoms with van der Waals surface area (Å²) in [6.45, 7) is 2.16. The van der Waals surface area contributed by atoms with Gasteiger partial charge < -0.3 is 10.5 Å². The minimum atomic E-state index is -0.251. The number of ether oxygens (including phenoxy) is 1. The quantitative estimate of drug-likeness (QED) is 0.566. The summed E-state index contributed by atoms with van der Waals surface area (Å²) in [6.07, 6.45) is 3.29. The van der Waals surface area contributed by atoms with E-state index in [1.807, 2.05) is 48.5 Å². The minimum absolute atomic E-state index is 0.251. The van der Waals surface area contributed by atoms with Crippen LogP contribution in [-0.4, -0.2) is 27.8 Å². The van der Waals surface area contributed by atoms with E-state index in [0.717, 1.165) is 30.2 Å². The molecule has 2 aromatic carbocycles. The summed E-state index contributed by atoms with van der Waals surface area (Å²) >= 11 is 0. The van der Waals surface area contributed by atoms with Gasteiger partial charge >= 0.3 is 0 Å². The smallest absolute Gasteiger partial charge is 0.280 e. The van der Waals surface area contributed by atoms with Crippen LogP contribution in [0.1, 0.15) is 35.7 Å². The lowest BCUT2D eigenvalue weighted by Gasteiger charge is -2.05. The van der Waals surface area contributed by atoms with Crippen LogP contribution in [0, 0.1) is 0 Å². The van der Waals surface area contributed by atoms with Crippen molar-refractivity contribution in [2.24, 2.45) is 0 Å². The minimum Gasteiger partial charge on any atom is -0.497 e. The number of methoxy groups -OCH3 is 1. The fourth-order valence-corrected chi connectivity index (χ4v) is 3.28. The second-order valence-corrected chi connectivity index (χ2v) is 6.82. The fraction of sp³-hybridized carbons (Fsp3) is 0.227. The van der Waals surface area contributed by atoms with E-state index in [1.165, 1.54) is 10.2 Å². The molecule has 0 radical (unpaired) electrons. The van der Waals surface area contributed by atoms with Crippen LogP contribution >= 0.6 is 0 Å². The molecule has 0 spiro atoms. The van der Waals surface area contributed by atoms with E-state index in [-0.39, 0.29) is 11.7 Å². The van der Waals surface area contributed by atoms with Gasteiger partial charge in [0.05, 0.1) is 18.0 Å². The summed E-state index contributed by atoms with van der Waals surface area (Å²) in [5.74, 6) is 0.735. The van der Waals surface area contributed by atoms with Crippen LogP contribution in [0.25, 0.3) is 21.9 Å². The number of anilines is 1. The maximum Gasteiger partial charge on any atom is 0.280 e. The summed E-state index contributed by atoms with van der Waals surface area (Å²) in [6, 6.07) is 15.2. The predicted molar refractivity (Wildman–Crippen MR) is 111 cm³/mol. The number of pyridine rings is 1. The molecule has 0 saturated heterocycles. The molecule has 2 N–H and O–H groups in total. The molecule has 0 unspecified atom stereocenters. The molecule has 0 aliphatic carbocycles. The van der Waals surface area contributed by atoms with Gasteiger partial charge in [-0.05, 0) is 48.7 Å². The zero-order valence-corrected chi connectivity index (χ0v) is 16.0. The largest absolute Gasteiger partial charge is 0.497 e. The van der Waals surface area contributed by atoms with Crippen molar-refractivity contribution >= 4 is 33.7 Å². The Bertz CT molecular complexity index is 1160. The summed E-state index contributed by atoms with van der Waals surface area (Å²) in [5.41, 5.74) is 9.01. The molecule has 2 heterocycles. The Balaban J connectivity index is 1.76. The first-order valence-corrected chi connectivity index (χ1v) is 9.37. The number of unbranched alkanes of at least 4 members (excludes halogenated alkanes) is 1. The van der Waals surface area contributed by atoms with Gasteiger partial charge in [0.2, 0.25) is 0 Å². The Morgan fingerprint density at radius 1 is 1.14 bits per heavy atom. The number of rotatable bonds is 5. The number of nitrogens with zero attached hydrogens (tertiary/aromatic N) is 3. The molecule has 0 amide bonds. The molecule has 6 nitrogen and oxygen atoms in total. The van der Waals surface area contributed by atoms with Gasteiger partial charge in [-0.3, -0.25) is 4.79 Å². The molecule has 4 aromatic rings. The number of aryl methyl sites for hydroxylation is 1. The van der Waals surface area contributed by atoms with Gasteiger partial charge in [0.15, 0.2) is 11.5 Å². The first kappa shape index (κ1) is 18.0. The summed E-state index contributed by atoms with van der Waals surface area (Å²) < 4.78 is 6.55. The molecule has 2 aromatic heterocycles. The highest BCUT2D eigenvalue weighted by molar-refractivity contribution is 6.05. The molecule has 142 valence electrons. The molecule has 4 rings (SSSR count). The van der Waals surface area contributed by atoms with Crippen molar-refractivity contribution in [1.29, 1.82) is 0 Å². The van der Waals surface area contributed by atoms with Crippen LogP contribution in [0.3, 0.4) is 0 Å². The normalized spacial score (nSPS) is 11.2. The fourth-order valence-electron chi connectivity index (χ4n) is 3.28. The molecule has 0 atom stereocenters. The average molecular weight is 374 g/mol. The van der Waals surface area contributed by atoms with Gasteiger partial charge in [-0.15, -0.1) is 5.10 Å². The molecule has 6 heteroatoms. The summed E-state index contributed by atoms with van der Waals surface area (Å²) in [4.78, 5) is 17.7. The van der Waals surface area contributed by atoms with Crippen molar-refractivity contribution in [2.75, 3.05) is 12.8 Å². The van der Waals surface area contributed by atoms with Crippen LogP contribution in [0.15, 0.2) is 48.5 Å². The van der Waals surface area contributed by atoms with E-state index < -0.39 is 0 Å². The number of carbonyl (C=O) groups is 1. The molecule has 0 fully saturated rings. The monoisotopic (exact) mass is 374 g/mol. The lowest BCUT2D eigenvalue weighted by Crippen LogP contribution is -2.14. The number of fused-ring (bicyclic) bond motifs is 2. The van der Waals surface area contributed by atoms with Crippen molar-refractivity contribution in [2.45, 2.75) is 26.2 Å². The van der Waals surface area contributed by atoms with Gasteiger partial charge in [0.25, 0.3) is 5.91 Å². The zero-order valence-electron chi connectivity index (χ0n) is 16.0. The van der Waals surface area contributed by atoms with E-state index in [0.29, 0.717) is 22.3 Å². The van der Waals surface area contributed by atoms with Gasteiger partial charge in [0.1, 0.15) is 5.75 Å². The zero-order chi connectivity index (χ0) is 19.7. The maximum absolute atomic E-state index is 13.0. The van der Waals surface area contributed by atoms with Crippen molar-refractivity contribution in [1.82, 2.24) is 14.8 Å². The highest BCUT2D eigenvalue weighted by Crippen LogP contribution is 2.27. The number of hydrogen-bond acceptors (Lipinski definition) is 5. The molecule has 0 aliphatic heterocycles. The van der Waals surface area contributed by atoms with E-state index in [1.54, 1.807) is 7.11 Å². The van der Waals surface area contributed by atoms with E-state index >= 15 is 0 Å². The Kier molecular flexibility index (Phi) is 4.69. The lowest BCUT2D eigenvalue weighted by molar-refractivity contribution is 0.0950. The van der Waals surface area contributed by atoms with Gasteiger partial charge in [-0.25, -0.2) is 4.98 Å². The third kappa shape index (κ3) is 3.17. The Morgan fingerprint density at radius 2 is 1.93 bits per heavy atom. The number of aromatic nitrogens is 3. The van der Waals surface area contributed by atoms with Gasteiger partial charge in [-0.1, -0.05) is 25.5 Å². The van der Waals surface area contributed by atoms with Crippen LogP contribution in [0.2, 0.25) is 0 Å². The number of hydrogen-bond donors (Lipinski definition) is 1. The highest BCUT2D eigenvalue weighted by Gasteiger charge is 2.18. The lowest BCUT2D eigenvalue weighted by atomic mass is 10.1. The van der Waals surface area contributed by atoms with Crippen LogP contribution in [0.4, 0.5) is 5.82 Å². The van der Waals surface area contributed by atoms with Crippen LogP contribution in [-0.2, 0) is 6.42 Å². The Morgan fingerprint density at radius 3 is 2.64 bits per heavy atom. The molecule has 28 heavy (non-hydrogen) atoms. The molecular formula is C22H22N4O2. The Labute approximate surface area is 162 Å². The van der Waals surface area contributed by atoms with Crippen molar-refractivity contribution in [3.05, 3.63) is 59.7 Å². The summed E-state index contributed by atoms with van der Waals surface area (Å²) in [7, 11) is 1.61.